The quantitative estimate of drug-likeness (QED) is 0.615. The number of rotatable bonds is 2. The highest BCUT2D eigenvalue weighted by atomic mass is 32.1. The summed E-state index contributed by atoms with van der Waals surface area (Å²) in [4.78, 5) is 0. The Morgan fingerprint density at radius 3 is 1.64 bits per heavy atom. The highest BCUT2D eigenvalue weighted by Crippen LogP contribution is 2.39. The van der Waals surface area contributed by atoms with Crippen molar-refractivity contribution in [1.29, 1.82) is 0 Å². The van der Waals surface area contributed by atoms with Gasteiger partial charge in [0.25, 0.3) is 0 Å². The van der Waals surface area contributed by atoms with Crippen LogP contribution in [0.5, 0.6) is 0 Å². The van der Waals surface area contributed by atoms with E-state index in [1.54, 1.807) is 0 Å². The molecule has 11 heavy (non-hydrogen) atoms. The molecule has 0 aliphatic rings. The molecule has 0 rings (SSSR count). The summed E-state index contributed by atoms with van der Waals surface area (Å²) in [5.74, 6) is 0. The van der Waals surface area contributed by atoms with E-state index in [2.05, 4.69) is 59.9 Å². The van der Waals surface area contributed by atoms with E-state index in [0.717, 1.165) is 6.42 Å². The maximum atomic E-state index is 4.66. The van der Waals surface area contributed by atoms with Gasteiger partial charge in [-0.15, -0.1) is 0 Å². The molecule has 0 fully saturated rings. The molecule has 2 atom stereocenters. The second kappa shape index (κ2) is 3.61. The summed E-state index contributed by atoms with van der Waals surface area (Å²) < 4.78 is 0.0775. The van der Waals surface area contributed by atoms with Gasteiger partial charge in [0.05, 0.1) is 0 Å². The standard InChI is InChI=1S/C9H20S2/c1-7(10)6-9(5,11)8(2,3)4/h7,10-11H,6H2,1-5H3. The largest absolute Gasteiger partial charge is 0.176 e. The van der Waals surface area contributed by atoms with Gasteiger partial charge >= 0.3 is 0 Å². The molecule has 0 aromatic carbocycles. The summed E-state index contributed by atoms with van der Waals surface area (Å²) in [5, 5.41) is 0.428. The van der Waals surface area contributed by atoms with Crippen LogP contribution in [-0.2, 0) is 0 Å². The molecular weight excluding hydrogens is 172 g/mol. The Hall–Kier alpha value is 0.700. The molecule has 0 saturated heterocycles. The number of hydrogen-bond acceptors (Lipinski definition) is 2. The van der Waals surface area contributed by atoms with Crippen molar-refractivity contribution < 1.29 is 0 Å². The molecule has 0 amide bonds. The average Bonchev–Trinajstić information content (AvgIpc) is 1.56. The molecule has 0 N–H and O–H groups in total. The lowest BCUT2D eigenvalue weighted by molar-refractivity contribution is 0.288. The lowest BCUT2D eigenvalue weighted by Gasteiger charge is -2.38. The van der Waals surface area contributed by atoms with Gasteiger partial charge in [-0.3, -0.25) is 0 Å². The van der Waals surface area contributed by atoms with Crippen molar-refractivity contribution >= 4 is 25.3 Å². The molecule has 0 saturated carbocycles. The van der Waals surface area contributed by atoms with Crippen molar-refractivity contribution in [1.82, 2.24) is 0 Å². The minimum absolute atomic E-state index is 0.0775. The summed E-state index contributed by atoms with van der Waals surface area (Å²) >= 11 is 9.03. The van der Waals surface area contributed by atoms with E-state index in [9.17, 15) is 0 Å². The fraction of sp³-hybridized carbons (Fsp3) is 1.00. The predicted molar refractivity (Wildman–Crippen MR) is 59.9 cm³/mol. The van der Waals surface area contributed by atoms with Crippen LogP contribution in [0.1, 0.15) is 41.0 Å². The van der Waals surface area contributed by atoms with Crippen LogP contribution < -0.4 is 0 Å². The van der Waals surface area contributed by atoms with E-state index in [1.807, 2.05) is 0 Å². The normalized spacial score (nSPS) is 21.0. The van der Waals surface area contributed by atoms with E-state index < -0.39 is 0 Å². The Labute approximate surface area is 82.0 Å². The minimum Gasteiger partial charge on any atom is -0.176 e. The van der Waals surface area contributed by atoms with Crippen LogP contribution in [0.25, 0.3) is 0 Å². The molecule has 0 aliphatic heterocycles. The Kier molecular flexibility index (Phi) is 3.84. The molecule has 68 valence electrons. The molecule has 0 bridgehead atoms. The Bertz CT molecular complexity index is 120. The Balaban J connectivity index is 4.22. The molecule has 0 radical (unpaired) electrons. The maximum absolute atomic E-state index is 4.66. The number of hydrogen-bond donors (Lipinski definition) is 2. The van der Waals surface area contributed by atoms with Gasteiger partial charge in [0.1, 0.15) is 0 Å². The third-order valence-corrected chi connectivity index (χ3v) is 3.34. The predicted octanol–water partition coefficient (Wildman–Crippen LogP) is 3.43. The van der Waals surface area contributed by atoms with Crippen molar-refractivity contribution in [3.05, 3.63) is 0 Å². The SMILES string of the molecule is CC(S)CC(C)(S)C(C)(C)C. The van der Waals surface area contributed by atoms with Gasteiger partial charge in [-0.1, -0.05) is 34.6 Å². The van der Waals surface area contributed by atoms with Gasteiger partial charge in [-0.05, 0) is 11.8 Å². The summed E-state index contributed by atoms with van der Waals surface area (Å²) in [6.45, 7) is 11.0. The summed E-state index contributed by atoms with van der Waals surface area (Å²) in [7, 11) is 0. The van der Waals surface area contributed by atoms with Gasteiger partial charge in [0, 0.05) is 10.00 Å². The van der Waals surface area contributed by atoms with Gasteiger partial charge in [0.2, 0.25) is 0 Å². The topological polar surface area (TPSA) is 0 Å². The maximum Gasteiger partial charge on any atom is 0.0160 e. The van der Waals surface area contributed by atoms with Gasteiger partial charge in [-0.25, -0.2) is 0 Å². The van der Waals surface area contributed by atoms with Crippen LogP contribution in [-0.4, -0.2) is 10.00 Å². The molecule has 0 aliphatic carbocycles. The Morgan fingerprint density at radius 2 is 1.55 bits per heavy atom. The van der Waals surface area contributed by atoms with Crippen molar-refractivity contribution in [2.45, 2.75) is 51.0 Å². The second-order valence-electron chi connectivity index (χ2n) is 4.58. The first-order valence-corrected chi connectivity index (χ1v) is 5.03. The first kappa shape index (κ1) is 11.7. The van der Waals surface area contributed by atoms with Crippen LogP contribution in [0, 0.1) is 5.41 Å². The average molecular weight is 192 g/mol. The fourth-order valence-corrected chi connectivity index (χ4v) is 1.66. The highest BCUT2D eigenvalue weighted by Gasteiger charge is 2.34. The number of thiol groups is 2. The first-order valence-electron chi connectivity index (χ1n) is 4.07. The van der Waals surface area contributed by atoms with Crippen molar-refractivity contribution in [3.63, 3.8) is 0 Å². The lowest BCUT2D eigenvalue weighted by Crippen LogP contribution is -2.36. The smallest absolute Gasteiger partial charge is 0.0160 e. The zero-order chi connectivity index (χ0) is 9.28. The van der Waals surface area contributed by atoms with E-state index in [4.69, 9.17) is 0 Å². The first-order chi connectivity index (χ1) is 4.67. The van der Waals surface area contributed by atoms with Crippen molar-refractivity contribution in [2.24, 2.45) is 5.41 Å². The van der Waals surface area contributed by atoms with Crippen molar-refractivity contribution in [2.75, 3.05) is 0 Å². The zero-order valence-electron chi connectivity index (χ0n) is 8.18. The van der Waals surface area contributed by atoms with Crippen LogP contribution in [0.2, 0.25) is 0 Å². The van der Waals surface area contributed by atoms with Gasteiger partial charge < -0.3 is 0 Å². The van der Waals surface area contributed by atoms with E-state index in [1.165, 1.54) is 0 Å². The molecule has 0 spiro atoms. The second-order valence-corrected chi connectivity index (χ2v) is 6.45. The molecule has 2 unspecified atom stereocenters. The van der Waals surface area contributed by atoms with E-state index in [-0.39, 0.29) is 10.2 Å². The fourth-order valence-electron chi connectivity index (χ4n) is 0.881. The molecule has 0 heterocycles. The third kappa shape index (κ3) is 3.75. The zero-order valence-corrected chi connectivity index (χ0v) is 9.97. The summed E-state index contributed by atoms with van der Waals surface area (Å²) in [5.41, 5.74) is 0.243. The monoisotopic (exact) mass is 192 g/mol. The van der Waals surface area contributed by atoms with Crippen LogP contribution in [0.4, 0.5) is 0 Å². The highest BCUT2D eigenvalue weighted by molar-refractivity contribution is 7.82. The van der Waals surface area contributed by atoms with E-state index in [0.29, 0.717) is 5.25 Å². The summed E-state index contributed by atoms with van der Waals surface area (Å²) in [6, 6.07) is 0. The molecule has 0 aromatic heterocycles. The summed E-state index contributed by atoms with van der Waals surface area (Å²) in [6.07, 6.45) is 1.04. The van der Waals surface area contributed by atoms with E-state index >= 15 is 0 Å². The van der Waals surface area contributed by atoms with Crippen LogP contribution in [0.15, 0.2) is 0 Å². The minimum atomic E-state index is 0.0775. The Morgan fingerprint density at radius 1 is 1.18 bits per heavy atom. The van der Waals surface area contributed by atoms with Crippen LogP contribution in [0.3, 0.4) is 0 Å². The molecule has 0 aromatic rings. The van der Waals surface area contributed by atoms with Gasteiger partial charge in [-0.2, -0.15) is 25.3 Å². The molecular formula is C9H20S2. The molecule has 0 nitrogen and oxygen atoms in total. The van der Waals surface area contributed by atoms with Gasteiger partial charge in [0.15, 0.2) is 0 Å². The lowest BCUT2D eigenvalue weighted by atomic mass is 9.78. The third-order valence-electron chi connectivity index (χ3n) is 2.31. The molecule has 2 heteroatoms. The van der Waals surface area contributed by atoms with Crippen molar-refractivity contribution in [3.8, 4) is 0 Å². The van der Waals surface area contributed by atoms with Crippen LogP contribution >= 0.6 is 25.3 Å².